The van der Waals surface area contributed by atoms with E-state index in [0.29, 0.717) is 6.61 Å². The van der Waals surface area contributed by atoms with Gasteiger partial charge in [0, 0.05) is 0 Å². The van der Waals surface area contributed by atoms with Crippen LogP contribution in [0.4, 0.5) is 0 Å². The van der Waals surface area contributed by atoms with E-state index in [0.717, 1.165) is 11.3 Å². The average molecular weight is 236 g/mol. The molecule has 0 aliphatic carbocycles. The van der Waals surface area contributed by atoms with Gasteiger partial charge in [-0.15, -0.1) is 0 Å². The molecule has 3 nitrogen and oxygen atoms in total. The SMILES string of the molecule is Cc1cccc(OCCC(=O)OC(C)C)c1C. The highest BCUT2D eigenvalue weighted by molar-refractivity contribution is 5.69. The smallest absolute Gasteiger partial charge is 0.309 e. The van der Waals surface area contributed by atoms with Crippen molar-refractivity contribution in [1.82, 2.24) is 0 Å². The van der Waals surface area contributed by atoms with E-state index in [-0.39, 0.29) is 18.5 Å². The average Bonchev–Trinajstić information content (AvgIpc) is 2.23. The van der Waals surface area contributed by atoms with Crippen molar-refractivity contribution in [2.45, 2.75) is 40.2 Å². The van der Waals surface area contributed by atoms with E-state index >= 15 is 0 Å². The van der Waals surface area contributed by atoms with Crippen LogP contribution in [0.5, 0.6) is 5.75 Å². The van der Waals surface area contributed by atoms with Crippen molar-refractivity contribution in [1.29, 1.82) is 0 Å². The summed E-state index contributed by atoms with van der Waals surface area (Å²) in [7, 11) is 0. The second-order valence-corrected chi connectivity index (χ2v) is 4.34. The predicted octanol–water partition coefficient (Wildman–Crippen LogP) is 3.02. The van der Waals surface area contributed by atoms with Gasteiger partial charge in [-0.3, -0.25) is 4.79 Å². The Morgan fingerprint density at radius 3 is 2.65 bits per heavy atom. The van der Waals surface area contributed by atoms with Crippen molar-refractivity contribution in [2.24, 2.45) is 0 Å². The quantitative estimate of drug-likeness (QED) is 0.737. The number of ether oxygens (including phenoxy) is 2. The van der Waals surface area contributed by atoms with Gasteiger partial charge in [-0.2, -0.15) is 0 Å². The second kappa shape index (κ2) is 6.28. The molecule has 0 amide bonds. The molecule has 0 unspecified atom stereocenters. The van der Waals surface area contributed by atoms with Gasteiger partial charge >= 0.3 is 5.97 Å². The highest BCUT2D eigenvalue weighted by Gasteiger charge is 2.07. The molecule has 0 radical (unpaired) electrons. The van der Waals surface area contributed by atoms with Crippen LogP contribution in [0.2, 0.25) is 0 Å². The van der Waals surface area contributed by atoms with Gasteiger partial charge in [0.15, 0.2) is 0 Å². The minimum atomic E-state index is -0.217. The Hall–Kier alpha value is -1.51. The topological polar surface area (TPSA) is 35.5 Å². The molecule has 0 bridgehead atoms. The zero-order valence-electron chi connectivity index (χ0n) is 10.9. The van der Waals surface area contributed by atoms with Crippen molar-refractivity contribution in [3.63, 3.8) is 0 Å². The predicted molar refractivity (Wildman–Crippen MR) is 67.3 cm³/mol. The number of carbonyl (C=O) groups excluding carboxylic acids is 1. The molecule has 17 heavy (non-hydrogen) atoms. The van der Waals surface area contributed by atoms with Crippen molar-refractivity contribution < 1.29 is 14.3 Å². The lowest BCUT2D eigenvalue weighted by molar-refractivity contribution is -0.147. The fourth-order valence-electron chi connectivity index (χ4n) is 1.45. The molecular weight excluding hydrogens is 216 g/mol. The van der Waals surface area contributed by atoms with Crippen LogP contribution in [0.3, 0.4) is 0 Å². The van der Waals surface area contributed by atoms with Crippen molar-refractivity contribution >= 4 is 5.97 Å². The highest BCUT2D eigenvalue weighted by atomic mass is 16.5. The van der Waals surface area contributed by atoms with E-state index in [9.17, 15) is 4.79 Å². The van der Waals surface area contributed by atoms with Gasteiger partial charge in [-0.05, 0) is 44.9 Å². The van der Waals surface area contributed by atoms with Crippen LogP contribution in [0.15, 0.2) is 18.2 Å². The number of benzene rings is 1. The molecule has 3 heteroatoms. The minimum Gasteiger partial charge on any atom is -0.493 e. The summed E-state index contributed by atoms with van der Waals surface area (Å²) in [6.45, 7) is 8.08. The summed E-state index contributed by atoms with van der Waals surface area (Å²) in [5.74, 6) is 0.618. The molecule has 0 N–H and O–H groups in total. The fourth-order valence-corrected chi connectivity index (χ4v) is 1.45. The van der Waals surface area contributed by atoms with E-state index in [4.69, 9.17) is 9.47 Å². The van der Waals surface area contributed by atoms with Gasteiger partial charge in [0.05, 0.1) is 19.1 Å². The lowest BCUT2D eigenvalue weighted by Crippen LogP contribution is -2.14. The Labute approximate surface area is 103 Å². The summed E-state index contributed by atoms with van der Waals surface area (Å²) in [5.41, 5.74) is 2.30. The minimum absolute atomic E-state index is 0.0665. The Morgan fingerprint density at radius 2 is 2.00 bits per heavy atom. The molecule has 0 fully saturated rings. The second-order valence-electron chi connectivity index (χ2n) is 4.34. The molecule has 0 spiro atoms. The standard InChI is InChI=1S/C14H20O3/c1-10(2)17-14(15)8-9-16-13-7-5-6-11(3)12(13)4/h5-7,10H,8-9H2,1-4H3. The molecule has 1 aromatic rings. The van der Waals surface area contributed by atoms with E-state index < -0.39 is 0 Å². The molecule has 0 heterocycles. The first-order chi connectivity index (χ1) is 8.00. The van der Waals surface area contributed by atoms with Crippen LogP contribution < -0.4 is 4.74 Å². The Balaban J connectivity index is 2.41. The lowest BCUT2D eigenvalue weighted by Gasteiger charge is -2.11. The van der Waals surface area contributed by atoms with Crippen molar-refractivity contribution in [3.8, 4) is 5.75 Å². The van der Waals surface area contributed by atoms with Gasteiger partial charge in [-0.1, -0.05) is 12.1 Å². The number of hydrogen-bond acceptors (Lipinski definition) is 3. The van der Waals surface area contributed by atoms with Gasteiger partial charge < -0.3 is 9.47 Å². The molecule has 0 aromatic heterocycles. The zero-order chi connectivity index (χ0) is 12.8. The fraction of sp³-hybridized carbons (Fsp3) is 0.500. The van der Waals surface area contributed by atoms with E-state index in [2.05, 4.69) is 0 Å². The monoisotopic (exact) mass is 236 g/mol. The molecular formula is C14H20O3. The molecule has 0 saturated carbocycles. The number of rotatable bonds is 5. The molecule has 1 aromatic carbocycles. The maximum absolute atomic E-state index is 11.3. The molecule has 0 atom stereocenters. The Morgan fingerprint density at radius 1 is 1.29 bits per heavy atom. The van der Waals surface area contributed by atoms with Gasteiger partial charge in [0.1, 0.15) is 5.75 Å². The third-order valence-electron chi connectivity index (χ3n) is 2.49. The van der Waals surface area contributed by atoms with Crippen LogP contribution in [0, 0.1) is 13.8 Å². The number of aryl methyl sites for hydroxylation is 1. The first kappa shape index (κ1) is 13.6. The van der Waals surface area contributed by atoms with Crippen molar-refractivity contribution in [3.05, 3.63) is 29.3 Å². The first-order valence-corrected chi connectivity index (χ1v) is 5.89. The van der Waals surface area contributed by atoms with Gasteiger partial charge in [0.25, 0.3) is 0 Å². The summed E-state index contributed by atoms with van der Waals surface area (Å²) in [6.07, 6.45) is 0.217. The van der Waals surface area contributed by atoms with E-state index in [1.165, 1.54) is 5.56 Å². The first-order valence-electron chi connectivity index (χ1n) is 5.89. The molecule has 0 aliphatic rings. The third kappa shape index (κ3) is 4.47. The van der Waals surface area contributed by atoms with Crippen LogP contribution in [0.1, 0.15) is 31.4 Å². The van der Waals surface area contributed by atoms with E-state index in [1.54, 1.807) is 0 Å². The largest absolute Gasteiger partial charge is 0.493 e. The number of hydrogen-bond donors (Lipinski definition) is 0. The maximum Gasteiger partial charge on any atom is 0.309 e. The highest BCUT2D eigenvalue weighted by Crippen LogP contribution is 2.20. The molecule has 0 aliphatic heterocycles. The van der Waals surface area contributed by atoms with Crippen LogP contribution >= 0.6 is 0 Å². The summed E-state index contributed by atoms with van der Waals surface area (Å²) in [6, 6.07) is 5.90. The third-order valence-corrected chi connectivity index (χ3v) is 2.49. The molecule has 94 valence electrons. The molecule has 0 saturated heterocycles. The van der Waals surface area contributed by atoms with Gasteiger partial charge in [-0.25, -0.2) is 0 Å². The molecule has 1 rings (SSSR count). The zero-order valence-corrected chi connectivity index (χ0v) is 10.9. The Kier molecular flexibility index (Phi) is 5.01. The maximum atomic E-state index is 11.3. The normalized spacial score (nSPS) is 10.4. The van der Waals surface area contributed by atoms with Crippen LogP contribution in [-0.2, 0) is 9.53 Å². The number of esters is 1. The Bertz CT molecular complexity index is 383. The summed E-state index contributed by atoms with van der Waals surface area (Å²) >= 11 is 0. The summed E-state index contributed by atoms with van der Waals surface area (Å²) in [5, 5.41) is 0. The van der Waals surface area contributed by atoms with Crippen LogP contribution in [-0.4, -0.2) is 18.7 Å². The number of carbonyl (C=O) groups is 1. The van der Waals surface area contributed by atoms with Crippen molar-refractivity contribution in [2.75, 3.05) is 6.61 Å². The van der Waals surface area contributed by atoms with Gasteiger partial charge in [0.2, 0.25) is 0 Å². The summed E-state index contributed by atoms with van der Waals surface area (Å²) in [4.78, 5) is 11.3. The van der Waals surface area contributed by atoms with Crippen LogP contribution in [0.25, 0.3) is 0 Å². The summed E-state index contributed by atoms with van der Waals surface area (Å²) < 4.78 is 10.6. The lowest BCUT2D eigenvalue weighted by atomic mass is 10.1. The van der Waals surface area contributed by atoms with E-state index in [1.807, 2.05) is 45.9 Å².